The summed E-state index contributed by atoms with van der Waals surface area (Å²) in [6, 6.07) is 4.85. The van der Waals surface area contributed by atoms with Gasteiger partial charge in [-0.05, 0) is 61.3 Å². The van der Waals surface area contributed by atoms with Gasteiger partial charge in [0.2, 0.25) is 0 Å². The zero-order valence-corrected chi connectivity index (χ0v) is 15.9. The highest BCUT2D eigenvalue weighted by atomic mass is 19.4. The first-order valence-electron chi connectivity index (χ1n) is 9.86. The van der Waals surface area contributed by atoms with Crippen LogP contribution >= 0.6 is 0 Å². The van der Waals surface area contributed by atoms with Gasteiger partial charge in [0.1, 0.15) is 16.9 Å². The molecule has 4 rings (SSSR count). The number of ether oxygens (including phenoxy) is 1. The predicted molar refractivity (Wildman–Crippen MR) is 99.9 cm³/mol. The largest absolute Gasteiger partial charge is 0.573 e. The van der Waals surface area contributed by atoms with Gasteiger partial charge >= 0.3 is 6.36 Å². The SMILES string of the molecule is CCCC1CCC(c2cc3oc4cc(OC(F)(F)F)ccc4c3c(F)c2F)CC1. The highest BCUT2D eigenvalue weighted by Crippen LogP contribution is 2.42. The average molecular weight is 412 g/mol. The zero-order valence-electron chi connectivity index (χ0n) is 15.9. The number of alkyl halides is 3. The Bertz CT molecular complexity index is 1030. The summed E-state index contributed by atoms with van der Waals surface area (Å²) in [5.41, 5.74) is 0.438. The maximum absolute atomic E-state index is 14.9. The van der Waals surface area contributed by atoms with Gasteiger partial charge in [-0.15, -0.1) is 13.2 Å². The molecule has 1 saturated carbocycles. The summed E-state index contributed by atoms with van der Waals surface area (Å²) in [4.78, 5) is 0. The average Bonchev–Trinajstić information content (AvgIpc) is 3.02. The molecule has 156 valence electrons. The molecule has 2 nitrogen and oxygen atoms in total. The molecule has 29 heavy (non-hydrogen) atoms. The Hall–Kier alpha value is -2.31. The van der Waals surface area contributed by atoms with Crippen LogP contribution in [-0.2, 0) is 0 Å². The predicted octanol–water partition coefficient (Wildman–Crippen LogP) is 7.84. The molecule has 0 radical (unpaired) electrons. The summed E-state index contributed by atoms with van der Waals surface area (Å²) >= 11 is 0. The first-order valence-corrected chi connectivity index (χ1v) is 9.86. The fourth-order valence-electron chi connectivity index (χ4n) is 4.53. The van der Waals surface area contributed by atoms with Gasteiger partial charge in [0.15, 0.2) is 11.6 Å². The van der Waals surface area contributed by atoms with E-state index in [2.05, 4.69) is 11.7 Å². The lowest BCUT2D eigenvalue weighted by Crippen LogP contribution is -2.16. The zero-order chi connectivity index (χ0) is 20.8. The summed E-state index contributed by atoms with van der Waals surface area (Å²) < 4.78 is 76.5. The quantitative estimate of drug-likeness (QED) is 0.407. The van der Waals surface area contributed by atoms with Gasteiger partial charge < -0.3 is 9.15 Å². The molecule has 0 amide bonds. The van der Waals surface area contributed by atoms with Gasteiger partial charge in [-0.2, -0.15) is 0 Å². The molecule has 1 aromatic heterocycles. The van der Waals surface area contributed by atoms with E-state index in [0.717, 1.165) is 50.7 Å². The lowest BCUT2D eigenvalue weighted by molar-refractivity contribution is -0.274. The minimum atomic E-state index is -4.85. The molecular weight excluding hydrogens is 391 g/mol. The smallest absolute Gasteiger partial charge is 0.456 e. The van der Waals surface area contributed by atoms with Crippen LogP contribution in [0.2, 0.25) is 0 Å². The number of halogens is 5. The van der Waals surface area contributed by atoms with Crippen molar-refractivity contribution in [1.29, 1.82) is 0 Å². The van der Waals surface area contributed by atoms with Crippen molar-refractivity contribution in [2.45, 2.75) is 57.7 Å². The third kappa shape index (κ3) is 3.91. The van der Waals surface area contributed by atoms with Crippen molar-refractivity contribution in [2.24, 2.45) is 5.92 Å². The molecule has 1 heterocycles. The summed E-state index contributed by atoms with van der Waals surface area (Å²) in [7, 11) is 0. The second-order valence-corrected chi connectivity index (χ2v) is 7.78. The van der Waals surface area contributed by atoms with E-state index in [9.17, 15) is 22.0 Å². The minimum Gasteiger partial charge on any atom is -0.456 e. The van der Waals surface area contributed by atoms with Crippen molar-refractivity contribution in [1.82, 2.24) is 0 Å². The molecule has 2 aromatic carbocycles. The van der Waals surface area contributed by atoms with E-state index in [4.69, 9.17) is 4.42 Å². The van der Waals surface area contributed by atoms with Crippen LogP contribution in [0, 0.1) is 17.6 Å². The number of fused-ring (bicyclic) bond motifs is 3. The van der Waals surface area contributed by atoms with Gasteiger partial charge in [-0.25, -0.2) is 8.78 Å². The minimum absolute atomic E-state index is 0.0175. The Kier molecular flexibility index (Phi) is 5.17. The Balaban J connectivity index is 1.71. The monoisotopic (exact) mass is 412 g/mol. The number of hydrogen-bond donors (Lipinski definition) is 0. The van der Waals surface area contributed by atoms with Crippen molar-refractivity contribution in [3.05, 3.63) is 41.5 Å². The molecular formula is C22H21F5O2. The van der Waals surface area contributed by atoms with E-state index in [1.807, 2.05) is 0 Å². The number of rotatable bonds is 4. The van der Waals surface area contributed by atoms with Crippen LogP contribution in [0.5, 0.6) is 5.75 Å². The second-order valence-electron chi connectivity index (χ2n) is 7.78. The van der Waals surface area contributed by atoms with Crippen LogP contribution in [0.25, 0.3) is 21.9 Å². The highest BCUT2D eigenvalue weighted by molar-refractivity contribution is 6.05. The Morgan fingerprint density at radius 2 is 1.72 bits per heavy atom. The number of benzene rings is 2. The fourth-order valence-corrected chi connectivity index (χ4v) is 4.53. The Morgan fingerprint density at radius 1 is 1.00 bits per heavy atom. The summed E-state index contributed by atoms with van der Waals surface area (Å²) in [6.45, 7) is 2.14. The standard InChI is InChI=1S/C22H21F5O2/c1-2-3-12-4-6-13(7-5-12)16-11-18-19(21(24)20(16)23)15-9-8-14(10-17(15)28-18)29-22(25,26)27/h8-13H,2-7H2,1H3. The van der Waals surface area contributed by atoms with Crippen molar-refractivity contribution in [3.63, 3.8) is 0 Å². The molecule has 0 saturated heterocycles. The Morgan fingerprint density at radius 3 is 2.38 bits per heavy atom. The van der Waals surface area contributed by atoms with Gasteiger partial charge in [0, 0.05) is 11.5 Å². The fraction of sp³-hybridized carbons (Fsp3) is 0.455. The van der Waals surface area contributed by atoms with Gasteiger partial charge in [0.05, 0.1) is 5.39 Å². The van der Waals surface area contributed by atoms with Gasteiger partial charge in [-0.1, -0.05) is 19.8 Å². The molecule has 0 unspecified atom stereocenters. The van der Waals surface area contributed by atoms with Crippen LogP contribution in [0.1, 0.15) is 56.9 Å². The lowest BCUT2D eigenvalue weighted by Gasteiger charge is -2.28. The van der Waals surface area contributed by atoms with E-state index >= 15 is 0 Å². The number of hydrogen-bond acceptors (Lipinski definition) is 2. The molecule has 0 atom stereocenters. The third-order valence-electron chi connectivity index (χ3n) is 5.86. The summed E-state index contributed by atoms with van der Waals surface area (Å²) in [5, 5.41) is 0.156. The van der Waals surface area contributed by atoms with Crippen LogP contribution in [0.3, 0.4) is 0 Å². The first-order chi connectivity index (χ1) is 13.8. The molecule has 0 spiro atoms. The topological polar surface area (TPSA) is 22.4 Å². The molecule has 1 fully saturated rings. The van der Waals surface area contributed by atoms with Gasteiger partial charge in [0.25, 0.3) is 0 Å². The van der Waals surface area contributed by atoms with Crippen molar-refractivity contribution >= 4 is 21.9 Å². The molecule has 7 heteroatoms. The van der Waals surface area contributed by atoms with E-state index < -0.39 is 23.7 Å². The van der Waals surface area contributed by atoms with Crippen molar-refractivity contribution < 1.29 is 31.1 Å². The van der Waals surface area contributed by atoms with Crippen LogP contribution in [-0.4, -0.2) is 6.36 Å². The maximum atomic E-state index is 14.9. The van der Waals surface area contributed by atoms with Crippen molar-refractivity contribution in [2.75, 3.05) is 0 Å². The van der Waals surface area contributed by atoms with Gasteiger partial charge in [-0.3, -0.25) is 0 Å². The summed E-state index contributed by atoms with van der Waals surface area (Å²) in [5.74, 6) is -1.84. The second kappa shape index (κ2) is 7.50. The maximum Gasteiger partial charge on any atom is 0.573 e. The van der Waals surface area contributed by atoms with Crippen molar-refractivity contribution in [3.8, 4) is 5.75 Å². The lowest BCUT2D eigenvalue weighted by atomic mass is 9.77. The Labute approximate surface area is 164 Å². The summed E-state index contributed by atoms with van der Waals surface area (Å²) in [6.07, 6.45) is 0.955. The third-order valence-corrected chi connectivity index (χ3v) is 5.86. The van der Waals surface area contributed by atoms with Crippen LogP contribution in [0.15, 0.2) is 28.7 Å². The van der Waals surface area contributed by atoms with Crippen LogP contribution in [0.4, 0.5) is 22.0 Å². The van der Waals surface area contributed by atoms with E-state index in [-0.39, 0.29) is 33.4 Å². The molecule has 0 bridgehead atoms. The number of furan rings is 1. The molecule has 3 aromatic rings. The normalized spacial score (nSPS) is 20.5. The van der Waals surface area contributed by atoms with E-state index in [1.165, 1.54) is 12.1 Å². The molecule has 1 aliphatic carbocycles. The van der Waals surface area contributed by atoms with E-state index in [0.29, 0.717) is 5.92 Å². The molecule has 0 N–H and O–H groups in total. The van der Waals surface area contributed by atoms with E-state index in [1.54, 1.807) is 0 Å². The first kappa shape index (κ1) is 20.0. The van der Waals surface area contributed by atoms with Crippen LogP contribution < -0.4 is 4.74 Å². The highest BCUT2D eigenvalue weighted by Gasteiger charge is 2.32. The molecule has 1 aliphatic rings. The molecule has 0 aliphatic heterocycles.